The summed E-state index contributed by atoms with van der Waals surface area (Å²) in [6.45, 7) is 7.92. The summed E-state index contributed by atoms with van der Waals surface area (Å²) in [5.41, 5.74) is 1.69. The van der Waals surface area contributed by atoms with Gasteiger partial charge in [-0.15, -0.1) is 0 Å². The van der Waals surface area contributed by atoms with Crippen LogP contribution in [0.15, 0.2) is 28.7 Å². The lowest BCUT2D eigenvalue weighted by Crippen LogP contribution is -2.39. The van der Waals surface area contributed by atoms with Crippen molar-refractivity contribution in [3.63, 3.8) is 0 Å². The summed E-state index contributed by atoms with van der Waals surface area (Å²) in [5.74, 6) is 0. The van der Waals surface area contributed by atoms with Gasteiger partial charge < -0.3 is 10.2 Å². The maximum atomic E-state index is 3.64. The predicted octanol–water partition coefficient (Wildman–Crippen LogP) is 3.66. The van der Waals surface area contributed by atoms with Gasteiger partial charge in [-0.3, -0.25) is 0 Å². The first kappa shape index (κ1) is 15.0. The van der Waals surface area contributed by atoms with E-state index < -0.39 is 0 Å². The van der Waals surface area contributed by atoms with Crippen molar-refractivity contribution >= 4 is 15.9 Å². The molecule has 1 aromatic carbocycles. The van der Waals surface area contributed by atoms with Crippen molar-refractivity contribution in [1.29, 1.82) is 0 Å². The van der Waals surface area contributed by atoms with Crippen LogP contribution in [0.2, 0.25) is 0 Å². The fraction of sp³-hybridized carbons (Fsp3) is 0.625. The highest BCUT2D eigenvalue weighted by Crippen LogP contribution is 2.23. The first-order valence-electron chi connectivity index (χ1n) is 7.11. The second kappa shape index (κ2) is 6.38. The maximum absolute atomic E-state index is 3.64. The molecule has 106 valence electrons. The second-order valence-electron chi connectivity index (χ2n) is 6.62. The van der Waals surface area contributed by atoms with Gasteiger partial charge in [0, 0.05) is 30.1 Å². The van der Waals surface area contributed by atoms with Crippen LogP contribution < -0.4 is 5.32 Å². The van der Waals surface area contributed by atoms with Gasteiger partial charge in [0.2, 0.25) is 0 Å². The zero-order chi connectivity index (χ0) is 13.9. The van der Waals surface area contributed by atoms with Crippen LogP contribution in [0.5, 0.6) is 0 Å². The molecule has 0 aromatic heterocycles. The van der Waals surface area contributed by atoms with Crippen molar-refractivity contribution < 1.29 is 0 Å². The fourth-order valence-corrected chi connectivity index (χ4v) is 2.94. The van der Waals surface area contributed by atoms with E-state index in [1.54, 1.807) is 0 Å². The van der Waals surface area contributed by atoms with Gasteiger partial charge in [0.05, 0.1) is 0 Å². The maximum Gasteiger partial charge on any atom is 0.0231 e. The SMILES string of the molecule is CN(Cc1cccc(Br)c1)CC(C)(C)CNC1CC1. The molecule has 0 radical (unpaired) electrons. The van der Waals surface area contributed by atoms with E-state index in [1.165, 1.54) is 18.4 Å². The van der Waals surface area contributed by atoms with Gasteiger partial charge in [-0.25, -0.2) is 0 Å². The van der Waals surface area contributed by atoms with Crippen molar-refractivity contribution in [2.45, 2.75) is 39.3 Å². The van der Waals surface area contributed by atoms with E-state index >= 15 is 0 Å². The highest BCUT2D eigenvalue weighted by molar-refractivity contribution is 9.10. The minimum absolute atomic E-state index is 0.323. The molecule has 1 aliphatic carbocycles. The minimum Gasteiger partial charge on any atom is -0.313 e. The summed E-state index contributed by atoms with van der Waals surface area (Å²) in [7, 11) is 2.21. The molecule has 1 aromatic rings. The number of halogens is 1. The molecule has 2 nitrogen and oxygen atoms in total. The molecular formula is C16H25BrN2. The lowest BCUT2D eigenvalue weighted by molar-refractivity contribution is 0.198. The van der Waals surface area contributed by atoms with Crippen molar-refractivity contribution in [2.75, 3.05) is 20.1 Å². The van der Waals surface area contributed by atoms with Crippen LogP contribution in [0.1, 0.15) is 32.3 Å². The molecule has 0 bridgehead atoms. The van der Waals surface area contributed by atoms with Gasteiger partial charge in [0.25, 0.3) is 0 Å². The Morgan fingerprint density at radius 3 is 2.74 bits per heavy atom. The molecule has 1 fully saturated rings. The quantitative estimate of drug-likeness (QED) is 0.823. The highest BCUT2D eigenvalue weighted by atomic mass is 79.9. The monoisotopic (exact) mass is 324 g/mol. The highest BCUT2D eigenvalue weighted by Gasteiger charge is 2.26. The Labute approximate surface area is 125 Å². The Bertz CT molecular complexity index is 413. The molecule has 0 saturated heterocycles. The van der Waals surface area contributed by atoms with Crippen molar-refractivity contribution in [1.82, 2.24) is 10.2 Å². The van der Waals surface area contributed by atoms with E-state index in [9.17, 15) is 0 Å². The molecule has 0 spiro atoms. The Morgan fingerprint density at radius 1 is 1.37 bits per heavy atom. The van der Waals surface area contributed by atoms with Crippen LogP contribution in [-0.4, -0.2) is 31.1 Å². The van der Waals surface area contributed by atoms with Gasteiger partial charge in [-0.05, 0) is 43.0 Å². The largest absolute Gasteiger partial charge is 0.313 e. The smallest absolute Gasteiger partial charge is 0.0231 e. The van der Waals surface area contributed by atoms with E-state index in [2.05, 4.69) is 71.3 Å². The third-order valence-corrected chi connectivity index (χ3v) is 3.98. The first-order valence-corrected chi connectivity index (χ1v) is 7.90. The number of rotatable bonds is 7. The average Bonchev–Trinajstić information content (AvgIpc) is 3.09. The Balaban J connectivity index is 1.80. The van der Waals surface area contributed by atoms with E-state index in [4.69, 9.17) is 0 Å². The molecule has 0 unspecified atom stereocenters. The lowest BCUT2D eigenvalue weighted by atomic mass is 9.92. The first-order chi connectivity index (χ1) is 8.94. The standard InChI is InChI=1S/C16H25BrN2/c1-16(2,11-18-15-7-8-15)12-19(3)10-13-5-4-6-14(17)9-13/h4-6,9,15,18H,7-8,10-12H2,1-3H3. The minimum atomic E-state index is 0.323. The molecule has 1 saturated carbocycles. The lowest BCUT2D eigenvalue weighted by Gasteiger charge is -2.30. The van der Waals surface area contributed by atoms with Crippen molar-refractivity contribution in [3.05, 3.63) is 34.3 Å². The van der Waals surface area contributed by atoms with Gasteiger partial charge >= 0.3 is 0 Å². The second-order valence-corrected chi connectivity index (χ2v) is 7.54. The van der Waals surface area contributed by atoms with Crippen LogP contribution in [0.3, 0.4) is 0 Å². The van der Waals surface area contributed by atoms with Gasteiger partial charge in [-0.1, -0.05) is 41.9 Å². The fourth-order valence-electron chi connectivity index (χ4n) is 2.50. The molecule has 1 N–H and O–H groups in total. The van der Waals surface area contributed by atoms with E-state index in [-0.39, 0.29) is 0 Å². The Hall–Kier alpha value is -0.380. The van der Waals surface area contributed by atoms with Crippen molar-refractivity contribution in [3.8, 4) is 0 Å². The molecule has 19 heavy (non-hydrogen) atoms. The number of hydrogen-bond acceptors (Lipinski definition) is 2. The molecule has 2 rings (SSSR count). The van der Waals surface area contributed by atoms with Crippen LogP contribution in [0.25, 0.3) is 0 Å². The average molecular weight is 325 g/mol. The Morgan fingerprint density at radius 2 is 2.11 bits per heavy atom. The molecule has 1 aliphatic rings. The zero-order valence-corrected chi connectivity index (χ0v) is 13.8. The van der Waals surface area contributed by atoms with Gasteiger partial charge in [0.15, 0.2) is 0 Å². The van der Waals surface area contributed by atoms with Crippen LogP contribution in [0, 0.1) is 5.41 Å². The van der Waals surface area contributed by atoms with Crippen LogP contribution in [0.4, 0.5) is 0 Å². The normalized spacial score (nSPS) is 16.1. The zero-order valence-electron chi connectivity index (χ0n) is 12.2. The summed E-state index contributed by atoms with van der Waals surface area (Å²) in [5, 5.41) is 3.64. The summed E-state index contributed by atoms with van der Waals surface area (Å²) in [6.07, 6.45) is 2.73. The van der Waals surface area contributed by atoms with Crippen LogP contribution >= 0.6 is 15.9 Å². The number of nitrogens with one attached hydrogen (secondary N) is 1. The van der Waals surface area contributed by atoms with Gasteiger partial charge in [0.1, 0.15) is 0 Å². The third-order valence-electron chi connectivity index (χ3n) is 3.49. The number of nitrogens with zero attached hydrogens (tertiary/aromatic N) is 1. The predicted molar refractivity (Wildman–Crippen MR) is 85.3 cm³/mol. The molecule has 0 aliphatic heterocycles. The summed E-state index contributed by atoms with van der Waals surface area (Å²) in [6, 6.07) is 9.37. The number of benzene rings is 1. The molecular weight excluding hydrogens is 300 g/mol. The third kappa shape index (κ3) is 5.64. The summed E-state index contributed by atoms with van der Waals surface area (Å²) >= 11 is 3.53. The van der Waals surface area contributed by atoms with Gasteiger partial charge in [-0.2, -0.15) is 0 Å². The van der Waals surface area contributed by atoms with Crippen LogP contribution in [-0.2, 0) is 6.54 Å². The molecule has 0 amide bonds. The molecule has 0 atom stereocenters. The van der Waals surface area contributed by atoms with E-state index in [0.29, 0.717) is 5.41 Å². The van der Waals surface area contributed by atoms with Crippen molar-refractivity contribution in [2.24, 2.45) is 5.41 Å². The topological polar surface area (TPSA) is 15.3 Å². The summed E-state index contributed by atoms with van der Waals surface area (Å²) in [4.78, 5) is 2.41. The Kier molecular flexibility index (Phi) is 5.04. The molecule has 0 heterocycles. The number of hydrogen-bond donors (Lipinski definition) is 1. The van der Waals surface area contributed by atoms with E-state index in [1.807, 2.05) is 0 Å². The molecule has 3 heteroatoms. The van der Waals surface area contributed by atoms with E-state index in [0.717, 1.165) is 30.1 Å². The summed E-state index contributed by atoms with van der Waals surface area (Å²) < 4.78 is 1.16.